The standard InChI is InChI=1S/C19H31NO4/c1-2-23-19-15(9-6-12-21)16(14-7-4-3-5-8-14)13-17(24-19)18(22)20-10-11-20/h13-16,19,21H,2-12H2,1H3/t15-,16+,19+/m1/s1. The molecule has 0 aromatic carbocycles. The molecule has 1 saturated heterocycles. The summed E-state index contributed by atoms with van der Waals surface area (Å²) in [5.74, 6) is 1.65. The van der Waals surface area contributed by atoms with Crippen LogP contribution in [0.2, 0.25) is 0 Å². The molecule has 0 aromatic rings. The molecule has 0 radical (unpaired) electrons. The van der Waals surface area contributed by atoms with Gasteiger partial charge in [-0.05, 0) is 50.5 Å². The number of amides is 1. The molecule has 1 amide bonds. The summed E-state index contributed by atoms with van der Waals surface area (Å²) in [6.45, 7) is 4.40. The van der Waals surface area contributed by atoms with Gasteiger partial charge in [0.2, 0.25) is 6.29 Å². The Hall–Kier alpha value is -1.07. The van der Waals surface area contributed by atoms with Crippen molar-refractivity contribution < 1.29 is 19.4 Å². The summed E-state index contributed by atoms with van der Waals surface area (Å²) in [6, 6.07) is 0. The van der Waals surface area contributed by atoms with Gasteiger partial charge in [0.15, 0.2) is 5.76 Å². The number of aliphatic hydroxyl groups is 1. The number of allylic oxidation sites excluding steroid dienone is 1. The van der Waals surface area contributed by atoms with Crippen LogP contribution in [0.4, 0.5) is 0 Å². The van der Waals surface area contributed by atoms with Gasteiger partial charge in [0.05, 0.1) is 0 Å². The third-order valence-electron chi connectivity index (χ3n) is 5.60. The minimum Gasteiger partial charge on any atom is -0.459 e. The van der Waals surface area contributed by atoms with Gasteiger partial charge in [-0.1, -0.05) is 19.3 Å². The second kappa shape index (κ2) is 8.34. The van der Waals surface area contributed by atoms with E-state index in [-0.39, 0.29) is 24.7 Å². The lowest BCUT2D eigenvalue weighted by Gasteiger charge is -2.41. The van der Waals surface area contributed by atoms with Gasteiger partial charge in [-0.3, -0.25) is 4.79 Å². The van der Waals surface area contributed by atoms with E-state index in [0.29, 0.717) is 24.2 Å². The van der Waals surface area contributed by atoms with Crippen LogP contribution in [0, 0.1) is 17.8 Å². The van der Waals surface area contributed by atoms with Crippen molar-refractivity contribution in [1.29, 1.82) is 0 Å². The van der Waals surface area contributed by atoms with E-state index < -0.39 is 0 Å². The molecule has 24 heavy (non-hydrogen) atoms. The largest absolute Gasteiger partial charge is 0.459 e. The van der Waals surface area contributed by atoms with Crippen molar-refractivity contribution in [3.63, 3.8) is 0 Å². The molecule has 2 heterocycles. The van der Waals surface area contributed by atoms with Gasteiger partial charge in [0.25, 0.3) is 5.91 Å². The molecule has 136 valence electrons. The average molecular weight is 337 g/mol. The van der Waals surface area contributed by atoms with Gasteiger partial charge < -0.3 is 19.5 Å². The van der Waals surface area contributed by atoms with E-state index in [1.165, 1.54) is 32.1 Å². The van der Waals surface area contributed by atoms with Crippen LogP contribution in [-0.2, 0) is 14.3 Å². The molecule has 3 aliphatic rings. The highest BCUT2D eigenvalue weighted by molar-refractivity contribution is 5.93. The van der Waals surface area contributed by atoms with Gasteiger partial charge in [-0.2, -0.15) is 0 Å². The van der Waals surface area contributed by atoms with Gasteiger partial charge >= 0.3 is 0 Å². The summed E-state index contributed by atoms with van der Waals surface area (Å²) in [5, 5.41) is 9.27. The van der Waals surface area contributed by atoms with Crippen LogP contribution in [0.3, 0.4) is 0 Å². The second-order valence-electron chi connectivity index (χ2n) is 7.27. The maximum atomic E-state index is 12.5. The molecule has 0 aromatic heterocycles. The molecular weight excluding hydrogens is 306 g/mol. The van der Waals surface area contributed by atoms with Crippen LogP contribution in [-0.4, -0.2) is 48.5 Å². The van der Waals surface area contributed by atoms with Gasteiger partial charge in [0, 0.05) is 32.2 Å². The van der Waals surface area contributed by atoms with Crippen molar-refractivity contribution in [3.05, 3.63) is 11.8 Å². The number of rotatable bonds is 7. The maximum Gasteiger partial charge on any atom is 0.288 e. The van der Waals surface area contributed by atoms with Crippen molar-refractivity contribution in [3.8, 4) is 0 Å². The van der Waals surface area contributed by atoms with Crippen molar-refractivity contribution in [1.82, 2.24) is 4.90 Å². The quantitative estimate of drug-likeness (QED) is 0.726. The fourth-order valence-electron chi connectivity index (χ4n) is 4.24. The fourth-order valence-corrected chi connectivity index (χ4v) is 4.24. The van der Waals surface area contributed by atoms with Crippen molar-refractivity contribution in [2.75, 3.05) is 26.3 Å². The number of carbonyl (C=O) groups is 1. The maximum absolute atomic E-state index is 12.5. The van der Waals surface area contributed by atoms with Crippen molar-refractivity contribution >= 4 is 5.91 Å². The molecule has 1 N–H and O–H groups in total. The molecule has 0 spiro atoms. The van der Waals surface area contributed by atoms with Gasteiger partial charge in [-0.25, -0.2) is 0 Å². The molecule has 1 aliphatic carbocycles. The Morgan fingerprint density at radius 3 is 2.71 bits per heavy atom. The molecule has 1 saturated carbocycles. The summed E-state index contributed by atoms with van der Waals surface area (Å²) in [4.78, 5) is 14.3. The van der Waals surface area contributed by atoms with Gasteiger partial charge in [-0.15, -0.1) is 0 Å². The summed E-state index contributed by atoms with van der Waals surface area (Å²) in [5.41, 5.74) is 0. The first-order valence-electron chi connectivity index (χ1n) is 9.64. The Bertz CT molecular complexity index is 454. The molecule has 3 atom stereocenters. The molecule has 3 rings (SSSR count). The molecule has 5 heteroatoms. The van der Waals surface area contributed by atoms with Crippen LogP contribution >= 0.6 is 0 Å². The summed E-state index contributed by atoms with van der Waals surface area (Å²) >= 11 is 0. The highest BCUT2D eigenvalue weighted by Crippen LogP contribution is 2.42. The lowest BCUT2D eigenvalue weighted by Crippen LogP contribution is -2.41. The third kappa shape index (κ3) is 4.12. The monoisotopic (exact) mass is 337 g/mol. The Morgan fingerprint density at radius 2 is 2.08 bits per heavy atom. The van der Waals surface area contributed by atoms with E-state index in [1.54, 1.807) is 4.90 Å². The van der Waals surface area contributed by atoms with Crippen molar-refractivity contribution in [2.24, 2.45) is 17.8 Å². The molecule has 2 fully saturated rings. The lowest BCUT2D eigenvalue weighted by molar-refractivity contribution is -0.178. The van der Waals surface area contributed by atoms with Crippen LogP contribution in [0.25, 0.3) is 0 Å². The fraction of sp³-hybridized carbons (Fsp3) is 0.842. The Labute approximate surface area is 145 Å². The van der Waals surface area contributed by atoms with E-state index in [0.717, 1.165) is 25.9 Å². The van der Waals surface area contributed by atoms with Crippen LogP contribution < -0.4 is 0 Å². The lowest BCUT2D eigenvalue weighted by atomic mass is 9.71. The highest BCUT2D eigenvalue weighted by atomic mass is 16.7. The van der Waals surface area contributed by atoms with E-state index in [2.05, 4.69) is 6.08 Å². The van der Waals surface area contributed by atoms with Gasteiger partial charge in [0.1, 0.15) is 0 Å². The van der Waals surface area contributed by atoms with E-state index in [1.807, 2.05) is 6.92 Å². The normalized spacial score (nSPS) is 30.7. The molecule has 0 unspecified atom stereocenters. The number of ether oxygens (including phenoxy) is 2. The number of nitrogens with zero attached hydrogens (tertiary/aromatic N) is 1. The van der Waals surface area contributed by atoms with E-state index in [9.17, 15) is 9.90 Å². The molecule has 0 bridgehead atoms. The van der Waals surface area contributed by atoms with Crippen molar-refractivity contribution in [2.45, 2.75) is 58.2 Å². The number of carbonyl (C=O) groups excluding carboxylic acids is 1. The Kier molecular flexibility index (Phi) is 6.17. The average Bonchev–Trinajstić information content (AvgIpc) is 3.45. The highest BCUT2D eigenvalue weighted by Gasteiger charge is 2.42. The summed E-state index contributed by atoms with van der Waals surface area (Å²) in [6.07, 6.45) is 9.68. The minimum atomic E-state index is -0.364. The second-order valence-corrected chi connectivity index (χ2v) is 7.27. The van der Waals surface area contributed by atoms with Crippen LogP contribution in [0.15, 0.2) is 11.8 Å². The Morgan fingerprint density at radius 1 is 1.33 bits per heavy atom. The predicted molar refractivity (Wildman–Crippen MR) is 91.0 cm³/mol. The first kappa shape index (κ1) is 17.7. The summed E-state index contributed by atoms with van der Waals surface area (Å²) in [7, 11) is 0. The summed E-state index contributed by atoms with van der Waals surface area (Å²) < 4.78 is 11.9. The predicted octanol–water partition coefficient (Wildman–Crippen LogP) is 2.69. The minimum absolute atomic E-state index is 0.0149. The van der Waals surface area contributed by atoms with E-state index >= 15 is 0 Å². The Balaban J connectivity index is 1.82. The molecule has 5 nitrogen and oxygen atoms in total. The number of hydrogen-bond donors (Lipinski definition) is 1. The zero-order valence-corrected chi connectivity index (χ0v) is 14.8. The first-order valence-corrected chi connectivity index (χ1v) is 9.64. The van der Waals surface area contributed by atoms with Crippen LogP contribution in [0.1, 0.15) is 51.9 Å². The van der Waals surface area contributed by atoms with Crippen LogP contribution in [0.5, 0.6) is 0 Å². The third-order valence-corrected chi connectivity index (χ3v) is 5.60. The molecule has 2 aliphatic heterocycles. The SMILES string of the molecule is CCO[C@H]1OC(C(=O)N2CC2)=C[C@@H](C2CCCCC2)[C@H]1CCCO. The van der Waals surface area contributed by atoms with E-state index in [4.69, 9.17) is 9.47 Å². The topological polar surface area (TPSA) is 58.8 Å². The zero-order chi connectivity index (χ0) is 16.9. The first-order chi connectivity index (χ1) is 11.7. The smallest absolute Gasteiger partial charge is 0.288 e. The molecular formula is C19H31NO4. The number of hydrogen-bond acceptors (Lipinski definition) is 4. The number of aliphatic hydroxyl groups excluding tert-OH is 1. The zero-order valence-electron chi connectivity index (χ0n) is 14.8.